The first-order chi connectivity index (χ1) is 6.22. The fourth-order valence-electron chi connectivity index (χ4n) is 1.39. The second kappa shape index (κ2) is 3.24. The number of hydrogen-bond acceptors (Lipinski definition) is 3. The van der Waals surface area contributed by atoms with Gasteiger partial charge in [0.05, 0.1) is 4.70 Å². The molecule has 0 fully saturated rings. The fraction of sp³-hybridized carbons (Fsp3) is 0.200. The molecule has 0 aliphatic carbocycles. The summed E-state index contributed by atoms with van der Waals surface area (Å²) in [5.41, 5.74) is 1.11. The van der Waals surface area contributed by atoms with Crippen LogP contribution in [0.3, 0.4) is 0 Å². The van der Waals surface area contributed by atoms with Gasteiger partial charge in [-0.1, -0.05) is 0 Å². The van der Waals surface area contributed by atoms with Gasteiger partial charge >= 0.3 is 0 Å². The maximum Gasteiger partial charge on any atom is 0.133 e. The topological polar surface area (TPSA) is 20.2 Å². The highest BCUT2D eigenvalue weighted by Gasteiger charge is 2.07. The van der Waals surface area contributed by atoms with Crippen LogP contribution in [0.15, 0.2) is 22.4 Å². The van der Waals surface area contributed by atoms with Crippen molar-refractivity contribution in [2.75, 3.05) is 6.26 Å². The van der Waals surface area contributed by atoms with Gasteiger partial charge in [0.15, 0.2) is 0 Å². The maximum absolute atomic E-state index is 9.66. The zero-order valence-corrected chi connectivity index (χ0v) is 9.13. The SMILES string of the molecule is CSc1csc2c(O)cc(C)cc12. The van der Waals surface area contributed by atoms with E-state index in [1.807, 2.05) is 13.0 Å². The van der Waals surface area contributed by atoms with Gasteiger partial charge in [-0.25, -0.2) is 0 Å². The van der Waals surface area contributed by atoms with Crippen LogP contribution in [0.4, 0.5) is 0 Å². The number of hydrogen-bond donors (Lipinski definition) is 1. The molecule has 0 aliphatic rings. The van der Waals surface area contributed by atoms with E-state index in [0.717, 1.165) is 10.3 Å². The summed E-state index contributed by atoms with van der Waals surface area (Å²) in [6.45, 7) is 2.00. The molecular weight excluding hydrogens is 200 g/mol. The highest BCUT2D eigenvalue weighted by molar-refractivity contribution is 7.99. The third-order valence-electron chi connectivity index (χ3n) is 1.98. The molecule has 0 saturated heterocycles. The van der Waals surface area contributed by atoms with Crippen molar-refractivity contribution >= 4 is 33.2 Å². The van der Waals surface area contributed by atoms with E-state index in [4.69, 9.17) is 0 Å². The first-order valence-corrected chi connectivity index (χ1v) is 6.07. The Hall–Kier alpha value is -0.670. The fourth-order valence-corrected chi connectivity index (χ4v) is 3.20. The van der Waals surface area contributed by atoms with Crippen molar-refractivity contribution in [1.82, 2.24) is 0 Å². The first kappa shape index (κ1) is 8.91. The summed E-state index contributed by atoms with van der Waals surface area (Å²) in [7, 11) is 0. The first-order valence-electron chi connectivity index (χ1n) is 3.97. The van der Waals surface area contributed by atoms with E-state index in [9.17, 15) is 5.11 Å². The molecule has 1 aromatic carbocycles. The Morgan fingerprint density at radius 3 is 2.85 bits per heavy atom. The molecule has 0 spiro atoms. The van der Waals surface area contributed by atoms with Crippen molar-refractivity contribution in [1.29, 1.82) is 0 Å². The molecule has 1 N–H and O–H groups in total. The molecule has 68 valence electrons. The molecular formula is C10H10OS2. The number of rotatable bonds is 1. The van der Waals surface area contributed by atoms with E-state index in [-0.39, 0.29) is 0 Å². The van der Waals surface area contributed by atoms with Crippen LogP contribution < -0.4 is 0 Å². The lowest BCUT2D eigenvalue weighted by molar-refractivity contribution is 0.482. The van der Waals surface area contributed by atoms with Crippen LogP contribution in [-0.4, -0.2) is 11.4 Å². The second-order valence-electron chi connectivity index (χ2n) is 2.96. The van der Waals surface area contributed by atoms with Gasteiger partial charge in [0.25, 0.3) is 0 Å². The molecule has 3 heteroatoms. The largest absolute Gasteiger partial charge is 0.506 e. The van der Waals surface area contributed by atoms with E-state index in [0.29, 0.717) is 5.75 Å². The van der Waals surface area contributed by atoms with Gasteiger partial charge in [0.2, 0.25) is 0 Å². The molecule has 0 unspecified atom stereocenters. The third-order valence-corrected chi connectivity index (χ3v) is 3.93. The third kappa shape index (κ3) is 1.42. The lowest BCUT2D eigenvalue weighted by Crippen LogP contribution is -1.73. The molecule has 0 saturated carbocycles. The van der Waals surface area contributed by atoms with Crippen LogP contribution in [0.5, 0.6) is 5.75 Å². The zero-order chi connectivity index (χ0) is 9.42. The molecule has 0 radical (unpaired) electrons. The van der Waals surface area contributed by atoms with Gasteiger partial charge in [0.1, 0.15) is 5.75 Å². The van der Waals surface area contributed by atoms with Crippen LogP contribution in [0.2, 0.25) is 0 Å². The Morgan fingerprint density at radius 2 is 2.15 bits per heavy atom. The molecule has 0 atom stereocenters. The van der Waals surface area contributed by atoms with Crippen LogP contribution in [0.1, 0.15) is 5.56 Å². The van der Waals surface area contributed by atoms with E-state index < -0.39 is 0 Å². The molecule has 0 bridgehead atoms. The Morgan fingerprint density at radius 1 is 1.38 bits per heavy atom. The Labute approximate surface area is 85.4 Å². The summed E-state index contributed by atoms with van der Waals surface area (Å²) in [6.07, 6.45) is 2.06. The second-order valence-corrected chi connectivity index (χ2v) is 4.69. The summed E-state index contributed by atoms with van der Waals surface area (Å²) in [4.78, 5) is 1.25. The molecule has 2 rings (SSSR count). The zero-order valence-electron chi connectivity index (χ0n) is 7.50. The van der Waals surface area contributed by atoms with Crippen LogP contribution in [0, 0.1) is 6.92 Å². The van der Waals surface area contributed by atoms with Crippen molar-refractivity contribution in [3.05, 3.63) is 23.1 Å². The number of fused-ring (bicyclic) bond motifs is 1. The van der Waals surface area contributed by atoms with Crippen molar-refractivity contribution in [3.8, 4) is 5.75 Å². The minimum atomic E-state index is 0.403. The van der Waals surface area contributed by atoms with Crippen molar-refractivity contribution in [2.24, 2.45) is 0 Å². The Bertz CT molecular complexity index is 445. The Balaban J connectivity index is 2.82. The van der Waals surface area contributed by atoms with Gasteiger partial charge in [0, 0.05) is 15.7 Å². The molecule has 2 aromatic rings. The van der Waals surface area contributed by atoms with Crippen LogP contribution in [-0.2, 0) is 0 Å². The molecule has 1 aromatic heterocycles. The number of phenols is 1. The summed E-state index contributed by atoms with van der Waals surface area (Å²) in [6, 6.07) is 3.93. The normalized spacial score (nSPS) is 10.9. The quantitative estimate of drug-likeness (QED) is 0.725. The predicted molar refractivity (Wildman–Crippen MR) is 60.0 cm³/mol. The Kier molecular flexibility index (Phi) is 2.22. The van der Waals surface area contributed by atoms with E-state index in [2.05, 4.69) is 17.7 Å². The monoisotopic (exact) mass is 210 g/mol. The highest BCUT2D eigenvalue weighted by Crippen LogP contribution is 2.37. The van der Waals surface area contributed by atoms with Crippen molar-refractivity contribution in [3.63, 3.8) is 0 Å². The minimum Gasteiger partial charge on any atom is -0.506 e. The van der Waals surface area contributed by atoms with E-state index in [1.165, 1.54) is 10.3 Å². The summed E-state index contributed by atoms with van der Waals surface area (Å²) < 4.78 is 0.995. The lowest BCUT2D eigenvalue weighted by Gasteiger charge is -1.98. The van der Waals surface area contributed by atoms with Gasteiger partial charge < -0.3 is 5.11 Å². The van der Waals surface area contributed by atoms with Gasteiger partial charge in [-0.3, -0.25) is 0 Å². The molecule has 1 heterocycles. The number of phenolic OH excluding ortho intramolecular Hbond substituents is 1. The summed E-state index contributed by atoms with van der Waals surface area (Å²) >= 11 is 3.32. The highest BCUT2D eigenvalue weighted by atomic mass is 32.2. The van der Waals surface area contributed by atoms with Crippen LogP contribution in [0.25, 0.3) is 10.1 Å². The number of benzene rings is 1. The molecule has 13 heavy (non-hydrogen) atoms. The van der Waals surface area contributed by atoms with E-state index in [1.54, 1.807) is 23.1 Å². The standard InChI is InChI=1S/C10H10OS2/c1-6-3-7-9(12-2)5-13-10(7)8(11)4-6/h3-5,11H,1-2H3. The number of thiophene rings is 1. The van der Waals surface area contributed by atoms with Crippen molar-refractivity contribution in [2.45, 2.75) is 11.8 Å². The number of aromatic hydroxyl groups is 1. The van der Waals surface area contributed by atoms with Gasteiger partial charge in [-0.15, -0.1) is 23.1 Å². The predicted octanol–water partition coefficient (Wildman–Crippen LogP) is 3.64. The summed E-state index contributed by atoms with van der Waals surface area (Å²) in [5, 5.41) is 12.9. The van der Waals surface area contributed by atoms with Crippen LogP contribution >= 0.6 is 23.1 Å². The smallest absolute Gasteiger partial charge is 0.133 e. The number of aryl methyl sites for hydroxylation is 1. The molecule has 1 nitrogen and oxygen atoms in total. The average Bonchev–Trinajstić information content (AvgIpc) is 2.47. The number of thioether (sulfide) groups is 1. The summed E-state index contributed by atoms with van der Waals surface area (Å²) in [5.74, 6) is 0.403. The van der Waals surface area contributed by atoms with E-state index >= 15 is 0 Å². The molecule has 0 aliphatic heterocycles. The van der Waals surface area contributed by atoms with Gasteiger partial charge in [-0.05, 0) is 30.9 Å². The molecule has 0 amide bonds. The average molecular weight is 210 g/mol. The van der Waals surface area contributed by atoms with Gasteiger partial charge in [-0.2, -0.15) is 0 Å². The lowest BCUT2D eigenvalue weighted by atomic mass is 10.2. The maximum atomic E-state index is 9.66. The minimum absolute atomic E-state index is 0.403. The van der Waals surface area contributed by atoms with Crippen molar-refractivity contribution < 1.29 is 5.11 Å².